The second kappa shape index (κ2) is 3.13. The molecule has 0 aromatic carbocycles. The average Bonchev–Trinajstić information content (AvgIpc) is 2.91. The minimum atomic E-state index is -0.639. The van der Waals surface area contributed by atoms with Crippen LogP contribution in [0.2, 0.25) is 0 Å². The number of hydrogen-bond acceptors (Lipinski definition) is 6. The lowest BCUT2D eigenvalue weighted by Gasteiger charge is -2.02. The van der Waals surface area contributed by atoms with E-state index in [1.165, 1.54) is 7.11 Å². The summed E-state index contributed by atoms with van der Waals surface area (Å²) in [5, 5.41) is 0. The Morgan fingerprint density at radius 3 is 2.76 bits per heavy atom. The number of furan rings is 2. The van der Waals surface area contributed by atoms with Gasteiger partial charge in [0.15, 0.2) is 11.2 Å². The van der Waals surface area contributed by atoms with Gasteiger partial charge in [-0.1, -0.05) is 0 Å². The second-order valence-electron chi connectivity index (χ2n) is 3.48. The van der Waals surface area contributed by atoms with Gasteiger partial charge in [-0.2, -0.15) is 0 Å². The molecule has 3 heterocycles. The van der Waals surface area contributed by atoms with Crippen LogP contribution in [0.4, 0.5) is 0 Å². The van der Waals surface area contributed by atoms with Crippen molar-refractivity contribution in [2.45, 2.75) is 6.92 Å². The highest BCUT2D eigenvalue weighted by molar-refractivity contribution is 6.20. The summed E-state index contributed by atoms with van der Waals surface area (Å²) in [4.78, 5) is 23.2. The Bertz CT molecular complexity index is 623. The van der Waals surface area contributed by atoms with Gasteiger partial charge in [-0.15, -0.1) is 0 Å². The molecular formula is C11H8O6. The Kier molecular flexibility index (Phi) is 1.83. The van der Waals surface area contributed by atoms with Gasteiger partial charge in [-0.05, 0) is 6.92 Å². The van der Waals surface area contributed by atoms with Crippen LogP contribution in [-0.4, -0.2) is 25.7 Å². The van der Waals surface area contributed by atoms with E-state index in [9.17, 15) is 9.59 Å². The van der Waals surface area contributed by atoms with Crippen molar-refractivity contribution in [2.75, 3.05) is 13.7 Å². The van der Waals surface area contributed by atoms with E-state index in [-0.39, 0.29) is 33.8 Å². The number of hydrogen-bond donors (Lipinski definition) is 0. The van der Waals surface area contributed by atoms with Crippen molar-refractivity contribution in [3.05, 3.63) is 11.1 Å². The van der Waals surface area contributed by atoms with E-state index >= 15 is 0 Å². The van der Waals surface area contributed by atoms with Gasteiger partial charge >= 0.3 is 11.9 Å². The predicted octanol–water partition coefficient (Wildman–Crippen LogP) is 1.59. The van der Waals surface area contributed by atoms with E-state index in [0.717, 1.165) is 0 Å². The summed E-state index contributed by atoms with van der Waals surface area (Å²) < 4.78 is 20.3. The van der Waals surface area contributed by atoms with Crippen molar-refractivity contribution in [1.82, 2.24) is 0 Å². The number of carbonyl (C=O) groups excluding carboxylic acids is 2. The molecule has 6 nitrogen and oxygen atoms in total. The maximum absolute atomic E-state index is 11.6. The lowest BCUT2D eigenvalue weighted by atomic mass is 10.1. The Hall–Kier alpha value is -2.24. The van der Waals surface area contributed by atoms with Crippen molar-refractivity contribution < 1.29 is 28.2 Å². The molecule has 1 aliphatic heterocycles. The highest BCUT2D eigenvalue weighted by atomic mass is 16.6. The summed E-state index contributed by atoms with van der Waals surface area (Å²) in [6.45, 7) is 2.16. The lowest BCUT2D eigenvalue weighted by molar-refractivity contribution is 0.0593. The summed E-state index contributed by atoms with van der Waals surface area (Å²) in [6, 6.07) is 0. The first kappa shape index (κ1) is 9.95. The topological polar surface area (TPSA) is 75.0 Å². The minimum Gasteiger partial charge on any atom is -0.487 e. The van der Waals surface area contributed by atoms with Crippen LogP contribution in [0.3, 0.4) is 0 Å². The smallest absolute Gasteiger partial charge is 0.348 e. The van der Waals surface area contributed by atoms with Crippen LogP contribution in [-0.2, 0) is 4.74 Å². The van der Waals surface area contributed by atoms with Crippen LogP contribution in [0.15, 0.2) is 4.42 Å². The third-order valence-electron chi connectivity index (χ3n) is 2.60. The fourth-order valence-corrected chi connectivity index (χ4v) is 1.96. The number of fused-ring (bicyclic) bond motifs is 1. The summed E-state index contributed by atoms with van der Waals surface area (Å²) in [5.74, 6) is -0.702. The fraction of sp³-hybridized carbons (Fsp3) is 0.273. The molecule has 0 saturated heterocycles. The van der Waals surface area contributed by atoms with Gasteiger partial charge in [0, 0.05) is 0 Å². The predicted molar refractivity (Wildman–Crippen MR) is 54.9 cm³/mol. The zero-order valence-electron chi connectivity index (χ0n) is 9.16. The van der Waals surface area contributed by atoms with Crippen molar-refractivity contribution >= 4 is 23.1 Å². The third-order valence-corrected chi connectivity index (χ3v) is 2.60. The van der Waals surface area contributed by atoms with E-state index in [1.54, 1.807) is 6.92 Å². The molecule has 0 fully saturated rings. The van der Waals surface area contributed by atoms with Crippen LogP contribution < -0.4 is 9.47 Å². The van der Waals surface area contributed by atoms with Gasteiger partial charge in [0.2, 0.25) is 11.5 Å². The molecule has 0 spiro atoms. The highest BCUT2D eigenvalue weighted by Gasteiger charge is 2.43. The fourth-order valence-electron chi connectivity index (χ4n) is 1.96. The van der Waals surface area contributed by atoms with Gasteiger partial charge in [0.1, 0.15) is 11.1 Å². The van der Waals surface area contributed by atoms with E-state index in [0.29, 0.717) is 6.61 Å². The van der Waals surface area contributed by atoms with Crippen LogP contribution in [0.25, 0.3) is 11.2 Å². The first-order valence-electron chi connectivity index (χ1n) is 5.04. The van der Waals surface area contributed by atoms with Gasteiger partial charge in [0.25, 0.3) is 0 Å². The monoisotopic (exact) mass is 236 g/mol. The van der Waals surface area contributed by atoms with Crippen LogP contribution >= 0.6 is 0 Å². The minimum absolute atomic E-state index is 0.0807. The molecule has 0 amide bonds. The van der Waals surface area contributed by atoms with E-state index < -0.39 is 11.9 Å². The van der Waals surface area contributed by atoms with Crippen molar-refractivity contribution in [3.8, 4) is 11.5 Å². The standard InChI is InChI=1S/C11H8O6/c1-3-15-8-6-4(10(12)14-2)5-7(16-6)9(8)17-11(5)13/h3H2,1-2H3. The molecule has 17 heavy (non-hydrogen) atoms. The number of esters is 2. The van der Waals surface area contributed by atoms with Crippen molar-refractivity contribution in [2.24, 2.45) is 0 Å². The molecule has 88 valence electrons. The van der Waals surface area contributed by atoms with Crippen LogP contribution in [0.1, 0.15) is 27.6 Å². The molecule has 2 aromatic heterocycles. The van der Waals surface area contributed by atoms with Crippen molar-refractivity contribution in [1.29, 1.82) is 0 Å². The van der Waals surface area contributed by atoms with E-state index in [4.69, 9.17) is 13.9 Å². The Balaban J connectivity index is 2.28. The van der Waals surface area contributed by atoms with Gasteiger partial charge < -0.3 is 18.6 Å². The number of benzene rings is 1. The normalized spacial score (nSPS) is 13.2. The molecule has 0 aliphatic carbocycles. The molecule has 0 unspecified atom stereocenters. The SMILES string of the molecule is CCOc1c2c3oc1c(C(=O)OC)c3C(=O)O2. The molecule has 0 saturated carbocycles. The van der Waals surface area contributed by atoms with E-state index in [1.807, 2.05) is 0 Å². The number of rotatable bonds is 3. The molecular weight excluding hydrogens is 228 g/mol. The Morgan fingerprint density at radius 1 is 1.35 bits per heavy atom. The molecule has 2 aromatic rings. The van der Waals surface area contributed by atoms with Crippen LogP contribution in [0, 0.1) is 0 Å². The molecule has 0 radical (unpaired) electrons. The van der Waals surface area contributed by atoms with Gasteiger partial charge in [0.05, 0.1) is 13.7 Å². The summed E-state index contributed by atoms with van der Waals surface area (Å²) in [5.41, 5.74) is 0.681. The largest absolute Gasteiger partial charge is 0.487 e. The quantitative estimate of drug-likeness (QED) is 0.753. The zero-order chi connectivity index (χ0) is 12.2. The summed E-state index contributed by atoms with van der Waals surface area (Å²) in [6.07, 6.45) is 0. The number of ether oxygens (including phenoxy) is 3. The number of carbonyl (C=O) groups is 2. The molecule has 2 bridgehead atoms. The number of methoxy groups -OCH3 is 1. The summed E-state index contributed by atoms with van der Waals surface area (Å²) >= 11 is 0. The van der Waals surface area contributed by atoms with E-state index in [2.05, 4.69) is 4.74 Å². The van der Waals surface area contributed by atoms with Gasteiger partial charge in [-0.3, -0.25) is 0 Å². The lowest BCUT2D eigenvalue weighted by Crippen LogP contribution is -2.08. The average molecular weight is 236 g/mol. The molecule has 1 aliphatic rings. The first-order chi connectivity index (χ1) is 8.19. The van der Waals surface area contributed by atoms with Crippen molar-refractivity contribution in [3.63, 3.8) is 0 Å². The second-order valence-corrected chi connectivity index (χ2v) is 3.48. The maximum atomic E-state index is 11.6. The zero-order valence-corrected chi connectivity index (χ0v) is 9.16. The maximum Gasteiger partial charge on any atom is 0.348 e. The molecule has 0 N–H and O–H groups in total. The molecule has 0 atom stereocenters. The summed E-state index contributed by atoms with van der Waals surface area (Å²) in [7, 11) is 1.23. The Morgan fingerprint density at radius 2 is 2.12 bits per heavy atom. The highest BCUT2D eigenvalue weighted by Crippen LogP contribution is 2.51. The Labute approximate surface area is 95.4 Å². The third kappa shape index (κ3) is 1.04. The molecule has 3 rings (SSSR count). The van der Waals surface area contributed by atoms with Gasteiger partial charge in [-0.25, -0.2) is 9.59 Å². The first-order valence-corrected chi connectivity index (χ1v) is 5.04. The van der Waals surface area contributed by atoms with Crippen LogP contribution in [0.5, 0.6) is 11.5 Å². The molecule has 6 heteroatoms.